The third-order valence-electron chi connectivity index (χ3n) is 2.78. The second-order valence-corrected chi connectivity index (χ2v) is 4.89. The van der Waals surface area contributed by atoms with Gasteiger partial charge < -0.3 is 10.5 Å². The van der Waals surface area contributed by atoms with Gasteiger partial charge in [-0.15, -0.1) is 0 Å². The maximum atomic E-state index is 5.81. The Bertz CT molecular complexity index is 286. The zero-order valence-corrected chi connectivity index (χ0v) is 11.4. The normalized spacial score (nSPS) is 12.7. The first-order chi connectivity index (χ1) is 7.77. The Morgan fingerprint density at radius 2 is 1.94 bits per heavy atom. The van der Waals surface area contributed by atoms with Gasteiger partial charge in [0.05, 0.1) is 0 Å². The first kappa shape index (κ1) is 13.7. The van der Waals surface area contributed by atoms with Crippen LogP contribution in [0.25, 0.3) is 0 Å². The van der Waals surface area contributed by atoms with Gasteiger partial charge in [-0.1, -0.05) is 34.5 Å². The van der Waals surface area contributed by atoms with Crippen molar-refractivity contribution in [2.24, 2.45) is 5.73 Å². The van der Waals surface area contributed by atoms with Crippen LogP contribution in [0.4, 0.5) is 0 Å². The molecule has 1 unspecified atom stereocenters. The first-order valence-corrected chi connectivity index (χ1v) is 6.51. The molecule has 0 aromatic heterocycles. The van der Waals surface area contributed by atoms with E-state index < -0.39 is 0 Å². The molecule has 0 aliphatic carbocycles. The summed E-state index contributed by atoms with van der Waals surface area (Å²) < 4.78 is 6.16. The number of ether oxygens (including phenoxy) is 1. The predicted molar refractivity (Wildman–Crippen MR) is 71.7 cm³/mol. The molecule has 0 amide bonds. The molecule has 0 fully saturated rings. The van der Waals surface area contributed by atoms with Gasteiger partial charge in [0.15, 0.2) is 0 Å². The highest BCUT2D eigenvalue weighted by Crippen LogP contribution is 2.22. The van der Waals surface area contributed by atoms with Crippen LogP contribution in [0, 0.1) is 0 Å². The topological polar surface area (TPSA) is 35.2 Å². The minimum absolute atomic E-state index is 0.477. The fraction of sp³-hybridized carbons (Fsp3) is 0.538. The van der Waals surface area contributed by atoms with Crippen LogP contribution in [0.15, 0.2) is 28.7 Å². The number of benzene rings is 1. The van der Waals surface area contributed by atoms with E-state index in [1.807, 2.05) is 0 Å². The molecule has 1 aromatic rings. The molecule has 2 nitrogen and oxygen atoms in total. The van der Waals surface area contributed by atoms with Crippen molar-refractivity contribution in [2.45, 2.75) is 25.2 Å². The van der Waals surface area contributed by atoms with Crippen LogP contribution in [0.1, 0.15) is 30.7 Å². The Kier molecular flexibility index (Phi) is 6.69. The van der Waals surface area contributed by atoms with Crippen LogP contribution in [0.5, 0.6) is 0 Å². The molecule has 1 aromatic carbocycles. The van der Waals surface area contributed by atoms with Crippen LogP contribution in [0.3, 0.4) is 0 Å². The van der Waals surface area contributed by atoms with Crippen LogP contribution in [-0.4, -0.2) is 20.3 Å². The van der Waals surface area contributed by atoms with Crippen molar-refractivity contribution in [3.05, 3.63) is 34.3 Å². The smallest absolute Gasteiger partial charge is 0.0462 e. The van der Waals surface area contributed by atoms with Gasteiger partial charge in [-0.25, -0.2) is 0 Å². The van der Waals surface area contributed by atoms with Crippen molar-refractivity contribution in [2.75, 3.05) is 20.3 Å². The van der Waals surface area contributed by atoms with Crippen LogP contribution in [0.2, 0.25) is 0 Å². The molecule has 1 atom stereocenters. The summed E-state index contributed by atoms with van der Waals surface area (Å²) in [4.78, 5) is 0. The van der Waals surface area contributed by atoms with E-state index in [4.69, 9.17) is 10.5 Å². The molecule has 0 aliphatic heterocycles. The number of methoxy groups -OCH3 is 1. The highest BCUT2D eigenvalue weighted by Gasteiger charge is 2.08. The van der Waals surface area contributed by atoms with Gasteiger partial charge in [0.2, 0.25) is 0 Å². The molecule has 2 N–H and O–H groups in total. The van der Waals surface area contributed by atoms with Crippen LogP contribution >= 0.6 is 15.9 Å². The van der Waals surface area contributed by atoms with E-state index in [1.54, 1.807) is 7.11 Å². The molecule has 0 bridgehead atoms. The minimum atomic E-state index is 0.477. The Balaban J connectivity index is 2.44. The summed E-state index contributed by atoms with van der Waals surface area (Å²) >= 11 is 3.44. The third-order valence-corrected chi connectivity index (χ3v) is 3.31. The lowest BCUT2D eigenvalue weighted by atomic mass is 9.94. The summed E-state index contributed by atoms with van der Waals surface area (Å²) in [6, 6.07) is 8.45. The van der Waals surface area contributed by atoms with Crippen LogP contribution < -0.4 is 5.73 Å². The van der Waals surface area contributed by atoms with E-state index in [9.17, 15) is 0 Å². The second-order valence-electron chi connectivity index (χ2n) is 3.97. The van der Waals surface area contributed by atoms with Gasteiger partial charge >= 0.3 is 0 Å². The van der Waals surface area contributed by atoms with Crippen molar-refractivity contribution < 1.29 is 4.74 Å². The first-order valence-electron chi connectivity index (χ1n) is 5.72. The zero-order chi connectivity index (χ0) is 11.8. The molecule has 16 heavy (non-hydrogen) atoms. The van der Waals surface area contributed by atoms with Crippen molar-refractivity contribution in [3.63, 3.8) is 0 Å². The molecule has 0 spiro atoms. The third kappa shape index (κ3) is 4.64. The van der Waals surface area contributed by atoms with Gasteiger partial charge in [-0.3, -0.25) is 0 Å². The van der Waals surface area contributed by atoms with Gasteiger partial charge in [-0.05, 0) is 43.0 Å². The summed E-state index contributed by atoms with van der Waals surface area (Å²) in [6.45, 7) is 1.56. The lowest BCUT2D eigenvalue weighted by Gasteiger charge is -2.15. The maximum Gasteiger partial charge on any atom is 0.0462 e. The van der Waals surface area contributed by atoms with Crippen molar-refractivity contribution in [3.8, 4) is 0 Å². The molecular weight excluding hydrogens is 266 g/mol. The standard InChI is InChI=1S/C13H20BrNO/c1-16-9-3-2-4-12(10-15)11-5-7-13(14)8-6-11/h5-8,12H,2-4,9-10,15H2,1H3. The van der Waals surface area contributed by atoms with Gasteiger partial charge in [0, 0.05) is 18.2 Å². The highest BCUT2D eigenvalue weighted by atomic mass is 79.9. The Morgan fingerprint density at radius 1 is 1.25 bits per heavy atom. The Hall–Kier alpha value is -0.380. The molecule has 3 heteroatoms. The van der Waals surface area contributed by atoms with E-state index >= 15 is 0 Å². The fourth-order valence-corrected chi connectivity index (χ4v) is 2.06. The monoisotopic (exact) mass is 285 g/mol. The Labute approximate surface area is 106 Å². The summed E-state index contributed by atoms with van der Waals surface area (Å²) in [6.07, 6.45) is 3.43. The van der Waals surface area contributed by atoms with Crippen LogP contribution in [-0.2, 0) is 4.74 Å². The molecule has 0 saturated heterocycles. The molecule has 0 aliphatic rings. The lowest BCUT2D eigenvalue weighted by molar-refractivity contribution is 0.191. The van der Waals surface area contributed by atoms with E-state index in [-0.39, 0.29) is 0 Å². The molecule has 0 heterocycles. The van der Waals surface area contributed by atoms with E-state index in [2.05, 4.69) is 40.2 Å². The SMILES string of the molecule is COCCCCC(CN)c1ccc(Br)cc1. The summed E-state index contributed by atoms with van der Waals surface area (Å²) in [5, 5.41) is 0. The largest absolute Gasteiger partial charge is 0.385 e. The number of nitrogens with two attached hydrogens (primary N) is 1. The number of halogens is 1. The summed E-state index contributed by atoms with van der Waals surface area (Å²) in [5.74, 6) is 0.477. The maximum absolute atomic E-state index is 5.81. The summed E-state index contributed by atoms with van der Waals surface area (Å²) in [7, 11) is 1.75. The average molecular weight is 286 g/mol. The lowest BCUT2D eigenvalue weighted by Crippen LogP contribution is -2.12. The van der Waals surface area contributed by atoms with Crippen molar-refractivity contribution >= 4 is 15.9 Å². The summed E-state index contributed by atoms with van der Waals surface area (Å²) in [5.41, 5.74) is 7.15. The van der Waals surface area contributed by atoms with E-state index in [1.165, 1.54) is 12.0 Å². The van der Waals surface area contributed by atoms with E-state index in [0.29, 0.717) is 12.5 Å². The van der Waals surface area contributed by atoms with Gasteiger partial charge in [0.1, 0.15) is 0 Å². The average Bonchev–Trinajstić information content (AvgIpc) is 2.31. The Morgan fingerprint density at radius 3 is 2.50 bits per heavy atom. The molecule has 1 rings (SSSR count). The molecular formula is C13H20BrNO. The fourth-order valence-electron chi connectivity index (χ4n) is 1.79. The molecule has 0 radical (unpaired) electrons. The van der Waals surface area contributed by atoms with E-state index in [0.717, 1.165) is 23.9 Å². The van der Waals surface area contributed by atoms with Crippen molar-refractivity contribution in [1.29, 1.82) is 0 Å². The van der Waals surface area contributed by atoms with Gasteiger partial charge in [0.25, 0.3) is 0 Å². The zero-order valence-electron chi connectivity index (χ0n) is 9.79. The number of unbranched alkanes of at least 4 members (excludes halogenated alkanes) is 1. The van der Waals surface area contributed by atoms with Gasteiger partial charge in [-0.2, -0.15) is 0 Å². The highest BCUT2D eigenvalue weighted by molar-refractivity contribution is 9.10. The quantitative estimate of drug-likeness (QED) is 0.780. The number of hydrogen-bond donors (Lipinski definition) is 1. The second kappa shape index (κ2) is 7.82. The molecule has 90 valence electrons. The number of rotatable bonds is 7. The number of hydrogen-bond acceptors (Lipinski definition) is 2. The van der Waals surface area contributed by atoms with Crippen molar-refractivity contribution in [1.82, 2.24) is 0 Å². The minimum Gasteiger partial charge on any atom is -0.385 e. The molecule has 0 saturated carbocycles. The predicted octanol–water partition coefficient (Wildman–Crippen LogP) is 3.31.